The van der Waals surface area contributed by atoms with E-state index in [0.717, 1.165) is 19.3 Å². The summed E-state index contributed by atoms with van der Waals surface area (Å²) in [7, 11) is 0. The third-order valence-electron chi connectivity index (χ3n) is 3.65. The summed E-state index contributed by atoms with van der Waals surface area (Å²) in [6.07, 6.45) is 3.54. The summed E-state index contributed by atoms with van der Waals surface area (Å²) in [5.41, 5.74) is 4.72. The van der Waals surface area contributed by atoms with E-state index in [4.69, 9.17) is 4.74 Å². The largest absolute Gasteiger partial charge is 0.378 e. The number of ether oxygens (including phenoxy) is 1. The van der Waals surface area contributed by atoms with E-state index in [-0.39, 0.29) is 13.0 Å². The van der Waals surface area contributed by atoms with Crippen LogP contribution in [0.25, 0.3) is 0 Å². The lowest BCUT2D eigenvalue weighted by Gasteiger charge is -2.27. The Hall–Kier alpha value is -1.87. The number of hydroxylamine groups is 2. The van der Waals surface area contributed by atoms with E-state index in [0.29, 0.717) is 37.8 Å². The summed E-state index contributed by atoms with van der Waals surface area (Å²) < 4.78 is 5.15. The Morgan fingerprint density at radius 2 is 2.00 bits per heavy atom. The highest BCUT2D eigenvalue weighted by Crippen LogP contribution is 2.11. The van der Waals surface area contributed by atoms with Crippen molar-refractivity contribution in [3.05, 3.63) is 0 Å². The number of carbonyl (C=O) groups is 3. The van der Waals surface area contributed by atoms with Crippen LogP contribution in [-0.4, -0.2) is 66.4 Å². The summed E-state index contributed by atoms with van der Waals surface area (Å²) in [6.45, 7) is 3.82. The number of nitrogens with zero attached hydrogens (tertiary/aromatic N) is 2. The van der Waals surface area contributed by atoms with Gasteiger partial charge < -0.3 is 9.64 Å². The molecule has 0 unspecified atom stereocenters. The molecule has 1 heterocycles. The molecule has 0 saturated carbocycles. The Bertz CT molecular complexity index is 387. The molecule has 1 fully saturated rings. The van der Waals surface area contributed by atoms with Gasteiger partial charge in [-0.15, -0.1) is 0 Å². The first-order chi connectivity index (χ1) is 11.1. The topological polar surface area (TPSA) is 111 Å². The van der Waals surface area contributed by atoms with Crippen LogP contribution in [0.4, 0.5) is 4.79 Å². The van der Waals surface area contributed by atoms with Crippen LogP contribution >= 0.6 is 0 Å². The van der Waals surface area contributed by atoms with E-state index in [9.17, 15) is 19.6 Å². The average molecular weight is 330 g/mol. The number of hydrogen-bond acceptors (Lipinski definition) is 5. The van der Waals surface area contributed by atoms with Crippen molar-refractivity contribution in [1.82, 2.24) is 20.8 Å². The molecule has 0 aromatic heterocycles. The van der Waals surface area contributed by atoms with Gasteiger partial charge in [0.1, 0.15) is 0 Å². The highest BCUT2D eigenvalue weighted by atomic mass is 16.5. The molecule has 1 atom stereocenters. The van der Waals surface area contributed by atoms with Gasteiger partial charge in [0, 0.05) is 13.1 Å². The normalized spacial score (nSPS) is 15.7. The maximum Gasteiger partial charge on any atom is 0.336 e. The zero-order chi connectivity index (χ0) is 17.1. The lowest BCUT2D eigenvalue weighted by atomic mass is 10.0. The van der Waals surface area contributed by atoms with E-state index < -0.39 is 17.9 Å². The second-order valence-corrected chi connectivity index (χ2v) is 5.44. The Balaban J connectivity index is 2.43. The molecule has 0 radical (unpaired) electrons. The number of amides is 4. The molecule has 1 saturated heterocycles. The standard InChI is InChI=1S/C14H26N4O5/c1-2-3-4-5-12(10-18(22)11-19)13(20)15-16-14(21)17-6-8-23-9-7-17/h11-12,22H,2-10H2,1H3,(H,15,20)(H,16,21)/t12-/m1/s1. The predicted octanol–water partition coefficient (Wildman–Crippen LogP) is 0.104. The minimum absolute atomic E-state index is 0.105. The molecule has 23 heavy (non-hydrogen) atoms. The van der Waals surface area contributed by atoms with Crippen LogP contribution in [0, 0.1) is 5.92 Å². The molecule has 0 aromatic rings. The van der Waals surface area contributed by atoms with Crippen LogP contribution in [0.3, 0.4) is 0 Å². The van der Waals surface area contributed by atoms with E-state index in [2.05, 4.69) is 10.9 Å². The van der Waals surface area contributed by atoms with Crippen molar-refractivity contribution in [3.63, 3.8) is 0 Å². The number of morpholine rings is 1. The molecule has 132 valence electrons. The lowest BCUT2D eigenvalue weighted by molar-refractivity contribution is -0.154. The van der Waals surface area contributed by atoms with Crippen molar-refractivity contribution in [1.29, 1.82) is 0 Å². The van der Waals surface area contributed by atoms with E-state index in [1.54, 1.807) is 4.90 Å². The molecule has 0 aliphatic carbocycles. The van der Waals surface area contributed by atoms with Crippen molar-refractivity contribution in [3.8, 4) is 0 Å². The van der Waals surface area contributed by atoms with E-state index >= 15 is 0 Å². The van der Waals surface area contributed by atoms with Crippen LogP contribution in [0.2, 0.25) is 0 Å². The minimum atomic E-state index is -0.582. The molecule has 1 aliphatic rings. The van der Waals surface area contributed by atoms with Gasteiger partial charge in [-0.1, -0.05) is 26.2 Å². The van der Waals surface area contributed by atoms with Crippen molar-refractivity contribution < 1.29 is 24.3 Å². The van der Waals surface area contributed by atoms with Gasteiger partial charge >= 0.3 is 6.03 Å². The fraction of sp³-hybridized carbons (Fsp3) is 0.786. The Morgan fingerprint density at radius 3 is 2.61 bits per heavy atom. The summed E-state index contributed by atoms with van der Waals surface area (Å²) in [4.78, 5) is 36.1. The van der Waals surface area contributed by atoms with Gasteiger partial charge in [0.15, 0.2) is 0 Å². The van der Waals surface area contributed by atoms with Gasteiger partial charge in [0.05, 0.1) is 25.7 Å². The van der Waals surface area contributed by atoms with Crippen molar-refractivity contribution in [2.24, 2.45) is 5.92 Å². The van der Waals surface area contributed by atoms with Crippen molar-refractivity contribution in [2.75, 3.05) is 32.8 Å². The number of carbonyl (C=O) groups excluding carboxylic acids is 3. The second kappa shape index (κ2) is 10.8. The maximum absolute atomic E-state index is 12.2. The second-order valence-electron chi connectivity index (χ2n) is 5.44. The molecule has 1 rings (SSSR count). The Labute approximate surface area is 135 Å². The quantitative estimate of drug-likeness (QED) is 0.253. The molecular weight excluding hydrogens is 304 g/mol. The van der Waals surface area contributed by atoms with Crippen molar-refractivity contribution in [2.45, 2.75) is 32.6 Å². The van der Waals surface area contributed by atoms with Crippen LogP contribution in [0.1, 0.15) is 32.6 Å². The molecule has 4 amide bonds. The van der Waals surface area contributed by atoms with Crippen LogP contribution in [0.5, 0.6) is 0 Å². The third-order valence-corrected chi connectivity index (χ3v) is 3.65. The monoisotopic (exact) mass is 330 g/mol. The summed E-state index contributed by atoms with van der Waals surface area (Å²) in [5.74, 6) is -1.01. The Kier molecular flexibility index (Phi) is 9.00. The summed E-state index contributed by atoms with van der Waals surface area (Å²) in [6, 6.07) is -0.398. The average Bonchev–Trinajstić information content (AvgIpc) is 2.59. The minimum Gasteiger partial charge on any atom is -0.378 e. The number of hydrogen-bond donors (Lipinski definition) is 3. The number of unbranched alkanes of at least 4 members (excludes halogenated alkanes) is 2. The predicted molar refractivity (Wildman–Crippen MR) is 81.3 cm³/mol. The fourth-order valence-electron chi connectivity index (χ4n) is 2.28. The lowest BCUT2D eigenvalue weighted by Crippen LogP contribution is -2.53. The summed E-state index contributed by atoms with van der Waals surface area (Å²) in [5, 5.41) is 9.74. The van der Waals surface area contributed by atoms with E-state index in [1.165, 1.54) is 0 Å². The van der Waals surface area contributed by atoms with Gasteiger partial charge in [-0.2, -0.15) is 0 Å². The number of hydrazine groups is 1. The number of urea groups is 1. The van der Waals surface area contributed by atoms with Gasteiger partial charge in [-0.3, -0.25) is 20.2 Å². The molecule has 9 heteroatoms. The molecule has 9 nitrogen and oxygen atoms in total. The van der Waals surface area contributed by atoms with E-state index in [1.807, 2.05) is 6.92 Å². The Morgan fingerprint density at radius 1 is 1.30 bits per heavy atom. The first-order valence-electron chi connectivity index (χ1n) is 7.91. The van der Waals surface area contributed by atoms with Gasteiger partial charge in [-0.05, 0) is 6.42 Å². The number of rotatable bonds is 8. The van der Waals surface area contributed by atoms with Crippen LogP contribution in [-0.2, 0) is 14.3 Å². The SMILES string of the molecule is CCCCC[C@H](CN(O)C=O)C(=O)NNC(=O)N1CCOCC1. The van der Waals surface area contributed by atoms with Gasteiger partial charge in [0.25, 0.3) is 0 Å². The zero-order valence-corrected chi connectivity index (χ0v) is 13.5. The molecule has 0 aromatic carbocycles. The molecular formula is C14H26N4O5. The van der Waals surface area contributed by atoms with Gasteiger partial charge in [-0.25, -0.2) is 15.3 Å². The highest BCUT2D eigenvalue weighted by Gasteiger charge is 2.22. The molecule has 0 bridgehead atoms. The number of nitrogens with one attached hydrogen (secondary N) is 2. The maximum atomic E-state index is 12.2. The molecule has 3 N–H and O–H groups in total. The fourth-order valence-corrected chi connectivity index (χ4v) is 2.28. The van der Waals surface area contributed by atoms with Gasteiger partial charge in [0.2, 0.25) is 12.3 Å². The van der Waals surface area contributed by atoms with Crippen molar-refractivity contribution >= 4 is 18.3 Å². The first kappa shape index (κ1) is 19.2. The molecule has 0 spiro atoms. The molecule has 1 aliphatic heterocycles. The first-order valence-corrected chi connectivity index (χ1v) is 7.91. The smallest absolute Gasteiger partial charge is 0.336 e. The van der Waals surface area contributed by atoms with Crippen LogP contribution < -0.4 is 10.9 Å². The van der Waals surface area contributed by atoms with Crippen LogP contribution in [0.15, 0.2) is 0 Å². The summed E-state index contributed by atoms with van der Waals surface area (Å²) >= 11 is 0. The third kappa shape index (κ3) is 7.29. The zero-order valence-electron chi connectivity index (χ0n) is 13.5. The highest BCUT2D eigenvalue weighted by molar-refractivity contribution is 5.83.